The van der Waals surface area contributed by atoms with Crippen LogP contribution in [-0.4, -0.2) is 43.1 Å². The Morgan fingerprint density at radius 2 is 1.76 bits per heavy atom. The van der Waals surface area contributed by atoms with E-state index in [0.717, 1.165) is 5.39 Å². The third-order valence-electron chi connectivity index (χ3n) is 4.64. The van der Waals surface area contributed by atoms with Gasteiger partial charge in [-0.1, -0.05) is 18.2 Å². The van der Waals surface area contributed by atoms with Crippen molar-refractivity contribution >= 4 is 28.7 Å². The SMILES string of the molecule is COCc1nc2ccccc2c(C)c1C(=O)OCC(=O)NC(=O)c1ccc(OC(F)F)cc1. The summed E-state index contributed by atoms with van der Waals surface area (Å²) in [5.74, 6) is -2.56. The molecular formula is C23H20F2N2O6. The predicted molar refractivity (Wildman–Crippen MR) is 113 cm³/mol. The molecule has 0 spiro atoms. The van der Waals surface area contributed by atoms with Gasteiger partial charge in [-0.05, 0) is 42.8 Å². The van der Waals surface area contributed by atoms with Crippen molar-refractivity contribution in [1.82, 2.24) is 10.3 Å². The van der Waals surface area contributed by atoms with E-state index in [4.69, 9.17) is 9.47 Å². The first-order valence-corrected chi connectivity index (χ1v) is 9.73. The number of methoxy groups -OCH3 is 1. The van der Waals surface area contributed by atoms with Crippen LogP contribution in [-0.2, 0) is 20.9 Å². The Morgan fingerprint density at radius 1 is 1.06 bits per heavy atom. The highest BCUT2D eigenvalue weighted by Gasteiger charge is 2.21. The maximum atomic E-state index is 12.7. The summed E-state index contributed by atoms with van der Waals surface area (Å²) in [5.41, 5.74) is 1.89. The third kappa shape index (κ3) is 5.86. The van der Waals surface area contributed by atoms with Crippen LogP contribution >= 0.6 is 0 Å². The van der Waals surface area contributed by atoms with Crippen molar-refractivity contribution in [2.45, 2.75) is 20.1 Å². The first kappa shape index (κ1) is 23.7. The predicted octanol–water partition coefficient (Wildman–Crippen LogP) is 3.40. The highest BCUT2D eigenvalue weighted by molar-refractivity contribution is 6.06. The molecule has 0 aliphatic carbocycles. The number of benzene rings is 2. The van der Waals surface area contributed by atoms with E-state index in [1.54, 1.807) is 6.92 Å². The molecule has 8 nitrogen and oxygen atoms in total. The van der Waals surface area contributed by atoms with Gasteiger partial charge in [0.25, 0.3) is 11.8 Å². The molecule has 2 amide bonds. The first-order chi connectivity index (χ1) is 15.8. The van der Waals surface area contributed by atoms with E-state index in [9.17, 15) is 23.2 Å². The molecule has 172 valence electrons. The second kappa shape index (κ2) is 10.6. The third-order valence-corrected chi connectivity index (χ3v) is 4.64. The second-order valence-electron chi connectivity index (χ2n) is 6.86. The van der Waals surface area contributed by atoms with Gasteiger partial charge in [0.15, 0.2) is 6.61 Å². The second-order valence-corrected chi connectivity index (χ2v) is 6.86. The molecule has 33 heavy (non-hydrogen) atoms. The zero-order valence-electron chi connectivity index (χ0n) is 17.8. The van der Waals surface area contributed by atoms with Crippen molar-refractivity contribution < 1.29 is 37.4 Å². The number of pyridine rings is 1. The Kier molecular flexibility index (Phi) is 7.62. The zero-order chi connectivity index (χ0) is 24.0. The van der Waals surface area contributed by atoms with Gasteiger partial charge in [0.1, 0.15) is 5.75 Å². The molecule has 3 aromatic rings. The van der Waals surface area contributed by atoms with Crippen LogP contribution in [0.1, 0.15) is 32.0 Å². The van der Waals surface area contributed by atoms with Gasteiger partial charge >= 0.3 is 12.6 Å². The molecular weight excluding hydrogens is 438 g/mol. The van der Waals surface area contributed by atoms with Gasteiger partial charge in [-0.25, -0.2) is 9.78 Å². The van der Waals surface area contributed by atoms with Gasteiger partial charge in [0.05, 0.1) is 23.4 Å². The first-order valence-electron chi connectivity index (χ1n) is 9.73. The van der Waals surface area contributed by atoms with Gasteiger partial charge in [-0.2, -0.15) is 8.78 Å². The number of hydrogen-bond donors (Lipinski definition) is 1. The number of fused-ring (bicyclic) bond motifs is 1. The van der Waals surface area contributed by atoms with Crippen LogP contribution in [0.4, 0.5) is 8.78 Å². The molecule has 10 heteroatoms. The molecule has 0 atom stereocenters. The number of imide groups is 1. The number of carbonyl (C=O) groups is 3. The van der Waals surface area contributed by atoms with Crippen molar-refractivity contribution in [2.75, 3.05) is 13.7 Å². The highest BCUT2D eigenvalue weighted by atomic mass is 19.3. The summed E-state index contributed by atoms with van der Waals surface area (Å²) in [6, 6.07) is 12.0. The molecule has 0 saturated heterocycles. The van der Waals surface area contributed by atoms with E-state index in [1.165, 1.54) is 31.4 Å². The van der Waals surface area contributed by atoms with E-state index in [2.05, 4.69) is 15.0 Å². The van der Waals surface area contributed by atoms with Crippen LogP contribution < -0.4 is 10.1 Å². The molecule has 0 radical (unpaired) electrons. The number of nitrogens with one attached hydrogen (secondary N) is 1. The van der Waals surface area contributed by atoms with Crippen LogP contribution in [0.15, 0.2) is 48.5 Å². The number of esters is 1. The molecule has 1 aromatic heterocycles. The minimum Gasteiger partial charge on any atom is -0.452 e. The number of ether oxygens (including phenoxy) is 3. The molecule has 0 saturated carbocycles. The minimum atomic E-state index is -2.99. The average molecular weight is 458 g/mol. The number of aryl methyl sites for hydroxylation is 1. The van der Waals surface area contributed by atoms with Gasteiger partial charge in [-0.15, -0.1) is 0 Å². The molecule has 0 bridgehead atoms. The maximum Gasteiger partial charge on any atom is 0.387 e. The number of rotatable bonds is 8. The lowest BCUT2D eigenvalue weighted by molar-refractivity contribution is -0.123. The van der Waals surface area contributed by atoms with Gasteiger partial charge in [0, 0.05) is 18.1 Å². The molecule has 1 heterocycles. The van der Waals surface area contributed by atoms with Crippen molar-refractivity contribution in [3.05, 3.63) is 70.9 Å². The Labute approximate surface area is 187 Å². The summed E-state index contributed by atoms with van der Waals surface area (Å²) in [6.07, 6.45) is 0. The van der Waals surface area contributed by atoms with Crippen molar-refractivity contribution in [2.24, 2.45) is 0 Å². The standard InChI is InChI=1S/C23H20F2N2O6/c1-13-16-5-3-4-6-17(16)26-18(11-31-2)20(13)22(30)32-12-19(28)27-21(29)14-7-9-15(10-8-14)33-23(24)25/h3-10,23H,11-12H2,1-2H3,(H,27,28,29). The normalized spacial score (nSPS) is 10.8. The van der Waals surface area contributed by atoms with Crippen molar-refractivity contribution in [3.8, 4) is 5.75 Å². The Balaban J connectivity index is 1.66. The topological polar surface area (TPSA) is 104 Å². The number of alkyl halides is 2. The quantitative estimate of drug-likeness (QED) is 0.516. The van der Waals surface area contributed by atoms with E-state index < -0.39 is 31.0 Å². The summed E-state index contributed by atoms with van der Waals surface area (Å²) in [5, 5.41) is 2.82. The van der Waals surface area contributed by atoms with Gasteiger partial charge < -0.3 is 14.2 Å². The average Bonchev–Trinajstić information content (AvgIpc) is 2.78. The molecule has 2 aromatic carbocycles. The monoisotopic (exact) mass is 458 g/mol. The molecule has 0 unspecified atom stereocenters. The Hall–Kier alpha value is -3.92. The minimum absolute atomic E-state index is 0.0354. The summed E-state index contributed by atoms with van der Waals surface area (Å²) in [4.78, 5) is 41.4. The Bertz CT molecular complexity index is 1180. The van der Waals surface area contributed by atoms with Crippen LogP contribution in [0.2, 0.25) is 0 Å². The van der Waals surface area contributed by atoms with E-state index in [0.29, 0.717) is 16.8 Å². The molecule has 0 aliphatic rings. The number of carbonyl (C=O) groups excluding carboxylic acids is 3. The van der Waals surface area contributed by atoms with Crippen molar-refractivity contribution in [1.29, 1.82) is 0 Å². The van der Waals surface area contributed by atoms with Crippen LogP contribution in [0, 0.1) is 6.92 Å². The lowest BCUT2D eigenvalue weighted by atomic mass is 10.0. The number of halogens is 2. The number of para-hydroxylation sites is 1. The van der Waals surface area contributed by atoms with E-state index in [1.807, 2.05) is 24.3 Å². The van der Waals surface area contributed by atoms with Crippen molar-refractivity contribution in [3.63, 3.8) is 0 Å². The van der Waals surface area contributed by atoms with Crippen LogP contribution in [0.3, 0.4) is 0 Å². The number of aromatic nitrogens is 1. The highest BCUT2D eigenvalue weighted by Crippen LogP contribution is 2.24. The molecule has 0 aliphatic heterocycles. The summed E-state index contributed by atoms with van der Waals surface area (Å²) < 4.78 is 38.8. The molecule has 3 rings (SSSR count). The maximum absolute atomic E-state index is 12.7. The fraction of sp³-hybridized carbons (Fsp3) is 0.217. The van der Waals surface area contributed by atoms with Gasteiger partial charge in [0.2, 0.25) is 0 Å². The summed E-state index contributed by atoms with van der Waals surface area (Å²) in [6.45, 7) is -1.90. The zero-order valence-corrected chi connectivity index (χ0v) is 17.8. The largest absolute Gasteiger partial charge is 0.452 e. The molecule has 0 fully saturated rings. The van der Waals surface area contributed by atoms with Gasteiger partial charge in [-0.3, -0.25) is 14.9 Å². The summed E-state index contributed by atoms with van der Waals surface area (Å²) in [7, 11) is 1.46. The fourth-order valence-corrected chi connectivity index (χ4v) is 3.18. The lowest BCUT2D eigenvalue weighted by Crippen LogP contribution is -2.34. The number of nitrogens with zero attached hydrogens (tertiary/aromatic N) is 1. The van der Waals surface area contributed by atoms with E-state index in [-0.39, 0.29) is 23.5 Å². The van der Waals surface area contributed by atoms with E-state index >= 15 is 0 Å². The summed E-state index contributed by atoms with van der Waals surface area (Å²) >= 11 is 0. The lowest BCUT2D eigenvalue weighted by Gasteiger charge is -2.14. The number of amides is 2. The number of hydrogen-bond acceptors (Lipinski definition) is 7. The molecule has 1 N–H and O–H groups in total. The van der Waals surface area contributed by atoms with Crippen LogP contribution in [0.5, 0.6) is 5.75 Å². The Morgan fingerprint density at radius 3 is 2.42 bits per heavy atom. The fourth-order valence-electron chi connectivity index (χ4n) is 3.18. The van der Waals surface area contributed by atoms with Crippen LogP contribution in [0.25, 0.3) is 10.9 Å². The smallest absolute Gasteiger partial charge is 0.387 e.